The molecule has 0 spiro atoms. The molecular weight excluding hydrogens is 414 g/mol. The van der Waals surface area contributed by atoms with Crippen molar-refractivity contribution < 1.29 is 14.3 Å². The molecule has 6 nitrogen and oxygen atoms in total. The number of nitrogens with zero attached hydrogens (tertiary/aromatic N) is 2. The van der Waals surface area contributed by atoms with Gasteiger partial charge in [-0.1, -0.05) is 63.1 Å². The third-order valence-electron chi connectivity index (χ3n) is 8.15. The van der Waals surface area contributed by atoms with Gasteiger partial charge in [0.2, 0.25) is 0 Å². The second-order valence-electron chi connectivity index (χ2n) is 10.3. The van der Waals surface area contributed by atoms with Crippen LogP contribution in [0.3, 0.4) is 0 Å². The van der Waals surface area contributed by atoms with Gasteiger partial charge >= 0.3 is 0 Å². The topological polar surface area (TPSA) is 77.6 Å². The summed E-state index contributed by atoms with van der Waals surface area (Å²) in [4.78, 5) is 27.0. The van der Waals surface area contributed by atoms with Crippen LogP contribution in [-0.4, -0.2) is 52.5 Å². The maximum absolute atomic E-state index is 12.5. The first kappa shape index (κ1) is 22.6. The van der Waals surface area contributed by atoms with Crippen LogP contribution in [0.1, 0.15) is 87.0 Å². The van der Waals surface area contributed by atoms with E-state index in [9.17, 15) is 9.59 Å². The molecule has 3 aliphatic rings. The number of benzene rings is 1. The van der Waals surface area contributed by atoms with Gasteiger partial charge in [-0.05, 0) is 31.7 Å². The third-order valence-corrected chi connectivity index (χ3v) is 8.15. The van der Waals surface area contributed by atoms with Gasteiger partial charge in [0.05, 0.1) is 18.8 Å². The first-order valence-corrected chi connectivity index (χ1v) is 12.9. The van der Waals surface area contributed by atoms with Crippen LogP contribution in [0.25, 0.3) is 10.9 Å². The lowest BCUT2D eigenvalue weighted by Gasteiger charge is -2.52. The van der Waals surface area contributed by atoms with Crippen molar-refractivity contribution in [2.75, 3.05) is 13.2 Å². The van der Waals surface area contributed by atoms with E-state index in [1.165, 1.54) is 57.8 Å². The molecular formula is C27H37N3O3. The van der Waals surface area contributed by atoms with Crippen LogP contribution in [0, 0.1) is 0 Å². The van der Waals surface area contributed by atoms with E-state index in [-0.39, 0.29) is 0 Å². The average Bonchev–Trinajstić information content (AvgIpc) is 3.21. The number of hydrogen-bond acceptors (Lipinski definition) is 4. The first-order chi connectivity index (χ1) is 16.1. The zero-order valence-corrected chi connectivity index (χ0v) is 19.6. The number of piperidine rings is 1. The van der Waals surface area contributed by atoms with Crippen molar-refractivity contribution in [3.63, 3.8) is 0 Å². The molecule has 33 heavy (non-hydrogen) atoms. The summed E-state index contributed by atoms with van der Waals surface area (Å²) in [6, 6.07) is 9.65. The summed E-state index contributed by atoms with van der Waals surface area (Å²) in [7, 11) is 0. The maximum atomic E-state index is 12.5. The average molecular weight is 452 g/mol. The minimum Gasteiger partial charge on any atom is -0.378 e. The van der Waals surface area contributed by atoms with Crippen LogP contribution in [0.2, 0.25) is 0 Å². The van der Waals surface area contributed by atoms with Crippen molar-refractivity contribution in [2.45, 2.75) is 94.8 Å². The number of carbonyl (C=O) groups is 2. The minimum absolute atomic E-state index is 0.291. The number of ketones is 1. The molecule has 2 aliphatic heterocycles. The van der Waals surface area contributed by atoms with E-state index in [0.29, 0.717) is 29.7 Å². The summed E-state index contributed by atoms with van der Waals surface area (Å²) < 4.78 is 8.28. The zero-order chi connectivity index (χ0) is 22.8. The number of morpholine rings is 1. The Bertz CT molecular complexity index is 976. The molecule has 1 aromatic carbocycles. The lowest BCUT2D eigenvalue weighted by molar-refractivity contribution is -0.114. The van der Waals surface area contributed by atoms with Crippen LogP contribution >= 0.6 is 0 Å². The highest BCUT2D eigenvalue weighted by Gasteiger charge is 2.43. The number of rotatable bonds is 4. The van der Waals surface area contributed by atoms with Gasteiger partial charge in [-0.3, -0.25) is 14.5 Å². The summed E-state index contributed by atoms with van der Waals surface area (Å²) in [5, 5.41) is 0.817. The second kappa shape index (κ2) is 9.98. The summed E-state index contributed by atoms with van der Waals surface area (Å²) in [5.74, 6) is -1.50. The molecule has 6 heteroatoms. The standard InChI is InChI=1S/C27H37N3O3/c28-27(32)26(31)24-16-29(25-13-9-8-12-23(24)25)20-14-21-17-33-18-22(15-20)30(21)19-10-6-4-2-1-3-5-7-11-19/h8-9,12-13,16,19-22H,1-7,10-11,14-15,17-18H2,(H2,28,32). The summed E-state index contributed by atoms with van der Waals surface area (Å²) >= 11 is 0. The number of hydrogen-bond donors (Lipinski definition) is 1. The largest absolute Gasteiger partial charge is 0.378 e. The van der Waals surface area contributed by atoms with Gasteiger partial charge in [0, 0.05) is 41.3 Å². The molecule has 2 N–H and O–H groups in total. The molecule has 5 rings (SSSR count). The molecule has 2 aromatic rings. The molecule has 0 radical (unpaired) electrons. The quantitative estimate of drug-likeness (QED) is 0.544. The number of carbonyl (C=O) groups excluding carboxylic acids is 2. The van der Waals surface area contributed by atoms with Crippen molar-refractivity contribution in [1.82, 2.24) is 9.47 Å². The Morgan fingerprint density at radius 2 is 1.42 bits per heavy atom. The maximum Gasteiger partial charge on any atom is 0.289 e. The molecule has 2 bridgehead atoms. The molecule has 2 saturated heterocycles. The van der Waals surface area contributed by atoms with Gasteiger partial charge < -0.3 is 15.0 Å². The van der Waals surface area contributed by atoms with Gasteiger partial charge in [0.1, 0.15) is 0 Å². The number of aromatic nitrogens is 1. The number of Topliss-reactive ketones (excluding diaryl/α,β-unsaturated/α-hetero) is 1. The van der Waals surface area contributed by atoms with E-state index in [4.69, 9.17) is 10.5 Å². The van der Waals surface area contributed by atoms with Gasteiger partial charge in [-0.2, -0.15) is 0 Å². The van der Waals surface area contributed by atoms with E-state index in [1.807, 2.05) is 30.5 Å². The molecule has 3 fully saturated rings. The first-order valence-electron chi connectivity index (χ1n) is 12.9. The number of ether oxygens (including phenoxy) is 1. The van der Waals surface area contributed by atoms with E-state index in [1.54, 1.807) is 0 Å². The van der Waals surface area contributed by atoms with Gasteiger partial charge in [0.25, 0.3) is 11.7 Å². The smallest absolute Gasteiger partial charge is 0.289 e. The van der Waals surface area contributed by atoms with Gasteiger partial charge in [-0.15, -0.1) is 0 Å². The predicted molar refractivity (Wildman–Crippen MR) is 129 cm³/mol. The third kappa shape index (κ3) is 4.60. The fraction of sp³-hybridized carbons (Fsp3) is 0.630. The van der Waals surface area contributed by atoms with Crippen molar-refractivity contribution >= 4 is 22.6 Å². The Balaban J connectivity index is 1.40. The number of primary amides is 1. The molecule has 1 amide bonds. The fourth-order valence-corrected chi connectivity index (χ4v) is 6.64. The van der Waals surface area contributed by atoms with E-state index < -0.39 is 11.7 Å². The molecule has 1 aromatic heterocycles. The predicted octanol–water partition coefficient (Wildman–Crippen LogP) is 4.61. The molecule has 2 unspecified atom stereocenters. The van der Waals surface area contributed by atoms with Crippen LogP contribution in [0.4, 0.5) is 0 Å². The molecule has 2 atom stereocenters. The summed E-state index contributed by atoms with van der Waals surface area (Å²) in [5.41, 5.74) is 6.78. The molecule has 3 heterocycles. The minimum atomic E-state index is -0.894. The number of amides is 1. The normalized spacial score (nSPS) is 27.9. The Hall–Kier alpha value is -2.18. The van der Waals surface area contributed by atoms with Crippen LogP contribution in [0.15, 0.2) is 30.5 Å². The lowest BCUT2D eigenvalue weighted by Crippen LogP contribution is -2.60. The number of para-hydroxylation sites is 1. The highest BCUT2D eigenvalue weighted by Crippen LogP contribution is 2.40. The lowest BCUT2D eigenvalue weighted by atomic mass is 9.85. The Morgan fingerprint density at radius 1 is 0.818 bits per heavy atom. The van der Waals surface area contributed by atoms with Crippen molar-refractivity contribution in [3.05, 3.63) is 36.0 Å². The Morgan fingerprint density at radius 3 is 2.06 bits per heavy atom. The SMILES string of the molecule is NC(=O)C(=O)c1cn(C2CC3COCC(C2)N3C2CCCCCCCCC2)c2ccccc12. The molecule has 178 valence electrons. The zero-order valence-electron chi connectivity index (χ0n) is 19.6. The van der Waals surface area contributed by atoms with Crippen molar-refractivity contribution in [2.24, 2.45) is 5.73 Å². The van der Waals surface area contributed by atoms with Gasteiger partial charge in [0.15, 0.2) is 0 Å². The van der Waals surface area contributed by atoms with Crippen molar-refractivity contribution in [3.8, 4) is 0 Å². The van der Waals surface area contributed by atoms with E-state index in [2.05, 4.69) is 9.47 Å². The van der Waals surface area contributed by atoms with Crippen LogP contribution in [0.5, 0.6) is 0 Å². The Kier molecular flexibility index (Phi) is 6.84. The fourth-order valence-electron chi connectivity index (χ4n) is 6.64. The molecule has 1 saturated carbocycles. The highest BCUT2D eigenvalue weighted by atomic mass is 16.5. The van der Waals surface area contributed by atoms with Crippen LogP contribution < -0.4 is 5.73 Å². The number of fused-ring (bicyclic) bond motifs is 3. The second-order valence-corrected chi connectivity index (χ2v) is 10.3. The molecule has 1 aliphatic carbocycles. The monoisotopic (exact) mass is 451 g/mol. The summed E-state index contributed by atoms with van der Waals surface area (Å²) in [6.45, 7) is 1.57. The number of nitrogens with two attached hydrogens (primary N) is 1. The van der Waals surface area contributed by atoms with Crippen molar-refractivity contribution in [1.29, 1.82) is 0 Å². The van der Waals surface area contributed by atoms with Crippen LogP contribution in [-0.2, 0) is 9.53 Å². The van der Waals surface area contributed by atoms with E-state index in [0.717, 1.165) is 37.0 Å². The summed E-state index contributed by atoms with van der Waals surface area (Å²) in [6.07, 6.45) is 16.1. The van der Waals surface area contributed by atoms with E-state index >= 15 is 0 Å². The Labute approximate surface area is 196 Å². The highest BCUT2D eigenvalue weighted by molar-refractivity contribution is 6.44. The van der Waals surface area contributed by atoms with Gasteiger partial charge in [-0.25, -0.2) is 0 Å².